The van der Waals surface area contributed by atoms with Gasteiger partial charge in [0.1, 0.15) is 5.65 Å². The molecule has 0 unspecified atom stereocenters. The zero-order chi connectivity index (χ0) is 15.2. The van der Waals surface area contributed by atoms with E-state index in [2.05, 4.69) is 11.6 Å². The summed E-state index contributed by atoms with van der Waals surface area (Å²) in [5.74, 6) is -0.223. The van der Waals surface area contributed by atoms with E-state index < -0.39 is 0 Å². The van der Waals surface area contributed by atoms with E-state index in [9.17, 15) is 4.79 Å². The van der Waals surface area contributed by atoms with Crippen LogP contribution in [-0.4, -0.2) is 40.0 Å². The molecule has 5 nitrogen and oxygen atoms in total. The Kier molecular flexibility index (Phi) is 5.11. The largest absolute Gasteiger partial charge is 0.465 e. The van der Waals surface area contributed by atoms with Crippen molar-refractivity contribution in [2.45, 2.75) is 20.4 Å². The predicted octanol–water partition coefficient (Wildman–Crippen LogP) is 2.19. The molecule has 5 heteroatoms. The number of ether oxygens (including phenoxy) is 1. The normalized spacial score (nSPS) is 11.0. The van der Waals surface area contributed by atoms with Crippen LogP contribution in [0, 0.1) is 6.92 Å². The summed E-state index contributed by atoms with van der Waals surface area (Å²) in [6, 6.07) is 4.03. The second kappa shape index (κ2) is 7.04. The van der Waals surface area contributed by atoms with Crippen molar-refractivity contribution in [2.75, 3.05) is 19.7 Å². The van der Waals surface area contributed by atoms with Gasteiger partial charge in [0.05, 0.1) is 18.8 Å². The maximum Gasteiger partial charge on any atom is 0.320 e. The van der Waals surface area contributed by atoms with Gasteiger partial charge in [-0.25, -0.2) is 4.98 Å². The maximum atomic E-state index is 11.6. The molecule has 0 radical (unpaired) electrons. The molecule has 0 aromatic carbocycles. The Morgan fingerprint density at radius 1 is 1.57 bits per heavy atom. The Morgan fingerprint density at radius 2 is 2.38 bits per heavy atom. The molecule has 2 rings (SSSR count). The predicted molar refractivity (Wildman–Crippen MR) is 82.0 cm³/mol. The number of hydrogen-bond donors (Lipinski definition) is 0. The molecule has 0 aliphatic carbocycles. The van der Waals surface area contributed by atoms with Crippen LogP contribution in [0.25, 0.3) is 5.65 Å². The van der Waals surface area contributed by atoms with Gasteiger partial charge in [-0.3, -0.25) is 9.69 Å². The zero-order valence-corrected chi connectivity index (χ0v) is 12.6. The topological polar surface area (TPSA) is 46.8 Å². The second-order valence-electron chi connectivity index (χ2n) is 4.92. The fourth-order valence-corrected chi connectivity index (χ4v) is 2.27. The third-order valence-corrected chi connectivity index (χ3v) is 3.16. The number of rotatable bonds is 7. The Hall–Kier alpha value is -2.14. The van der Waals surface area contributed by atoms with Crippen LogP contribution in [0.5, 0.6) is 0 Å². The van der Waals surface area contributed by atoms with Crippen LogP contribution in [0.3, 0.4) is 0 Å². The number of pyridine rings is 1. The van der Waals surface area contributed by atoms with Crippen molar-refractivity contribution in [3.05, 3.63) is 48.4 Å². The summed E-state index contributed by atoms with van der Waals surface area (Å²) in [5.41, 5.74) is 3.00. The molecular formula is C16H21N3O2. The SMILES string of the molecule is C=CCN(CC(=O)OCC)Cc1cn2cccc(C)c2n1. The van der Waals surface area contributed by atoms with E-state index in [-0.39, 0.29) is 12.5 Å². The van der Waals surface area contributed by atoms with Gasteiger partial charge >= 0.3 is 5.97 Å². The van der Waals surface area contributed by atoms with Gasteiger partial charge in [-0.15, -0.1) is 6.58 Å². The molecule has 0 bridgehead atoms. The van der Waals surface area contributed by atoms with Crippen molar-refractivity contribution >= 4 is 11.6 Å². The van der Waals surface area contributed by atoms with Crippen molar-refractivity contribution in [1.29, 1.82) is 0 Å². The molecule has 0 N–H and O–H groups in total. The lowest BCUT2D eigenvalue weighted by Crippen LogP contribution is -2.31. The first-order valence-corrected chi connectivity index (χ1v) is 7.06. The molecule has 2 aromatic rings. The highest BCUT2D eigenvalue weighted by atomic mass is 16.5. The molecule has 0 aliphatic rings. The molecule has 112 valence electrons. The summed E-state index contributed by atoms with van der Waals surface area (Å²) in [5, 5.41) is 0. The number of imidazole rings is 1. The highest BCUT2D eigenvalue weighted by Crippen LogP contribution is 2.11. The van der Waals surface area contributed by atoms with E-state index in [4.69, 9.17) is 4.74 Å². The van der Waals surface area contributed by atoms with E-state index in [1.807, 2.05) is 40.8 Å². The fraction of sp³-hybridized carbons (Fsp3) is 0.375. The number of carbonyl (C=O) groups is 1. The molecule has 0 atom stereocenters. The fourth-order valence-electron chi connectivity index (χ4n) is 2.27. The number of aromatic nitrogens is 2. The minimum absolute atomic E-state index is 0.223. The summed E-state index contributed by atoms with van der Waals surface area (Å²) in [6.07, 6.45) is 5.74. The summed E-state index contributed by atoms with van der Waals surface area (Å²) in [7, 11) is 0. The summed E-state index contributed by atoms with van der Waals surface area (Å²) in [6.45, 7) is 9.42. The molecule has 0 spiro atoms. The van der Waals surface area contributed by atoms with Gasteiger partial charge in [-0.2, -0.15) is 0 Å². The number of nitrogens with zero attached hydrogens (tertiary/aromatic N) is 3. The van der Waals surface area contributed by atoms with E-state index in [0.29, 0.717) is 19.7 Å². The van der Waals surface area contributed by atoms with Crippen molar-refractivity contribution in [2.24, 2.45) is 0 Å². The number of aryl methyl sites for hydroxylation is 1. The monoisotopic (exact) mass is 287 g/mol. The summed E-state index contributed by atoms with van der Waals surface area (Å²) < 4.78 is 7.00. The average molecular weight is 287 g/mol. The maximum absolute atomic E-state index is 11.6. The number of esters is 1. The zero-order valence-electron chi connectivity index (χ0n) is 12.6. The Bertz CT molecular complexity index is 633. The van der Waals surface area contributed by atoms with Gasteiger partial charge in [-0.1, -0.05) is 12.1 Å². The Balaban J connectivity index is 2.12. The third-order valence-electron chi connectivity index (χ3n) is 3.16. The van der Waals surface area contributed by atoms with Gasteiger partial charge in [0.2, 0.25) is 0 Å². The minimum atomic E-state index is -0.223. The quantitative estimate of drug-likeness (QED) is 0.578. The average Bonchev–Trinajstić information content (AvgIpc) is 2.83. The lowest BCUT2D eigenvalue weighted by Gasteiger charge is -2.18. The van der Waals surface area contributed by atoms with Crippen LogP contribution in [-0.2, 0) is 16.1 Å². The van der Waals surface area contributed by atoms with Crippen LogP contribution in [0.1, 0.15) is 18.2 Å². The van der Waals surface area contributed by atoms with Gasteiger partial charge in [0.15, 0.2) is 0 Å². The standard InChI is InChI=1S/C16H21N3O2/c1-4-8-18(12-15(20)21-5-2)10-14-11-19-9-6-7-13(3)16(19)17-14/h4,6-7,9,11H,1,5,8,10,12H2,2-3H3. The molecule has 2 aromatic heterocycles. The van der Waals surface area contributed by atoms with E-state index in [1.165, 1.54) is 0 Å². The summed E-state index contributed by atoms with van der Waals surface area (Å²) in [4.78, 5) is 18.2. The van der Waals surface area contributed by atoms with E-state index in [1.54, 1.807) is 13.0 Å². The molecule has 21 heavy (non-hydrogen) atoms. The van der Waals surface area contributed by atoms with Crippen LogP contribution in [0.2, 0.25) is 0 Å². The number of hydrogen-bond acceptors (Lipinski definition) is 4. The number of fused-ring (bicyclic) bond motifs is 1. The van der Waals surface area contributed by atoms with Gasteiger partial charge in [0, 0.05) is 25.5 Å². The van der Waals surface area contributed by atoms with E-state index >= 15 is 0 Å². The first-order chi connectivity index (χ1) is 10.1. The molecule has 2 heterocycles. The number of carbonyl (C=O) groups excluding carboxylic acids is 1. The van der Waals surface area contributed by atoms with Crippen LogP contribution in [0.4, 0.5) is 0 Å². The van der Waals surface area contributed by atoms with E-state index in [0.717, 1.165) is 16.9 Å². The van der Waals surface area contributed by atoms with Crippen LogP contribution >= 0.6 is 0 Å². The smallest absolute Gasteiger partial charge is 0.320 e. The lowest BCUT2D eigenvalue weighted by molar-refractivity contribution is -0.144. The van der Waals surface area contributed by atoms with Crippen molar-refractivity contribution in [3.8, 4) is 0 Å². The molecule has 0 saturated heterocycles. The molecule has 0 fully saturated rings. The Morgan fingerprint density at radius 3 is 3.05 bits per heavy atom. The van der Waals surface area contributed by atoms with Crippen molar-refractivity contribution in [3.63, 3.8) is 0 Å². The minimum Gasteiger partial charge on any atom is -0.465 e. The second-order valence-corrected chi connectivity index (χ2v) is 4.92. The van der Waals surface area contributed by atoms with Crippen LogP contribution in [0.15, 0.2) is 37.2 Å². The summed E-state index contributed by atoms with van der Waals surface area (Å²) >= 11 is 0. The van der Waals surface area contributed by atoms with Crippen molar-refractivity contribution in [1.82, 2.24) is 14.3 Å². The van der Waals surface area contributed by atoms with Crippen LogP contribution < -0.4 is 0 Å². The molecule has 0 amide bonds. The molecular weight excluding hydrogens is 266 g/mol. The molecule has 0 aliphatic heterocycles. The van der Waals surface area contributed by atoms with Gasteiger partial charge < -0.3 is 9.14 Å². The molecule has 0 saturated carbocycles. The highest BCUT2D eigenvalue weighted by Gasteiger charge is 2.13. The first kappa shape index (κ1) is 15.3. The highest BCUT2D eigenvalue weighted by molar-refractivity contribution is 5.71. The first-order valence-electron chi connectivity index (χ1n) is 7.06. The van der Waals surface area contributed by atoms with Gasteiger partial charge in [0.25, 0.3) is 0 Å². The third kappa shape index (κ3) is 3.92. The lowest BCUT2D eigenvalue weighted by atomic mass is 10.3. The van der Waals surface area contributed by atoms with Crippen molar-refractivity contribution < 1.29 is 9.53 Å². The van der Waals surface area contributed by atoms with Gasteiger partial charge in [-0.05, 0) is 25.5 Å². The Labute approximate surface area is 124 Å².